The zero-order chi connectivity index (χ0) is 4.28. The van der Waals surface area contributed by atoms with Crippen LogP contribution >= 0.6 is 0 Å². The van der Waals surface area contributed by atoms with Crippen LogP contribution in [-0.2, 0) is 19.4 Å². The summed E-state index contributed by atoms with van der Waals surface area (Å²) in [5.41, 5.74) is 0. The zero-order valence-corrected chi connectivity index (χ0v) is 6.50. The fourth-order valence-electron chi connectivity index (χ4n) is 0. The van der Waals surface area contributed by atoms with E-state index in [4.69, 9.17) is 0 Å². The molecular weight excluding hydrogens is 232 g/mol. The van der Waals surface area contributed by atoms with Gasteiger partial charge in [-0.05, 0) is 0 Å². The van der Waals surface area contributed by atoms with Crippen molar-refractivity contribution in [2.45, 2.75) is 13.8 Å². The molecule has 0 aliphatic rings. The molecular formula is C4H8W. The summed E-state index contributed by atoms with van der Waals surface area (Å²) >= 11 is 1.58. The van der Waals surface area contributed by atoms with E-state index in [1.165, 1.54) is 0 Å². The normalized spacial score (nSPS) is 8.60. The van der Waals surface area contributed by atoms with Crippen molar-refractivity contribution in [1.82, 2.24) is 0 Å². The first-order valence-electron chi connectivity index (χ1n) is 1.72. The van der Waals surface area contributed by atoms with E-state index in [0.717, 1.165) is 5.92 Å². The van der Waals surface area contributed by atoms with E-state index in [2.05, 4.69) is 18.2 Å². The molecule has 0 heterocycles. The van der Waals surface area contributed by atoms with Gasteiger partial charge in [0, 0.05) is 0 Å². The topological polar surface area (TPSA) is 0 Å². The fourth-order valence-corrected chi connectivity index (χ4v) is 0. The van der Waals surface area contributed by atoms with Crippen molar-refractivity contribution in [3.8, 4) is 0 Å². The van der Waals surface area contributed by atoms with E-state index >= 15 is 0 Å². The first-order valence-corrected chi connectivity index (χ1v) is 3.42. The summed E-state index contributed by atoms with van der Waals surface area (Å²) in [6.07, 6.45) is 0. The van der Waals surface area contributed by atoms with Crippen molar-refractivity contribution in [2.24, 2.45) is 5.92 Å². The monoisotopic (exact) mass is 240 g/mol. The van der Waals surface area contributed by atoms with E-state index in [1.807, 2.05) is 0 Å². The first-order chi connectivity index (χ1) is 2.27. The standard InChI is InChI=1S/C4H8.W/c1-4(2)3;/h1,4H,2-3H3;. The van der Waals surface area contributed by atoms with Crippen LogP contribution in [0.25, 0.3) is 0 Å². The molecule has 0 radical (unpaired) electrons. The Labute approximate surface area is 44.0 Å². The van der Waals surface area contributed by atoms with Crippen LogP contribution in [0.3, 0.4) is 0 Å². The minimum atomic E-state index is 0.796. The van der Waals surface area contributed by atoms with Gasteiger partial charge >= 0.3 is 43.5 Å². The molecule has 0 atom stereocenters. The zero-order valence-electron chi connectivity index (χ0n) is 3.56. The molecule has 0 rings (SSSR count). The Morgan fingerprint density at radius 2 is 1.80 bits per heavy atom. The first kappa shape index (κ1) is 5.56. The second kappa shape index (κ2) is 2.78. The molecule has 0 unspecified atom stereocenters. The van der Waals surface area contributed by atoms with E-state index in [1.54, 1.807) is 19.4 Å². The van der Waals surface area contributed by atoms with Gasteiger partial charge in [0.25, 0.3) is 0 Å². The molecule has 0 spiro atoms. The third kappa shape index (κ3) is 4.56. The third-order valence-electron chi connectivity index (χ3n) is 0.272. The van der Waals surface area contributed by atoms with Gasteiger partial charge in [0.15, 0.2) is 0 Å². The van der Waals surface area contributed by atoms with Crippen molar-refractivity contribution < 1.29 is 19.4 Å². The molecule has 1 heteroatoms. The van der Waals surface area contributed by atoms with Crippen LogP contribution in [0.5, 0.6) is 0 Å². The maximum atomic E-state index is 2.25. The molecule has 30 valence electrons. The summed E-state index contributed by atoms with van der Waals surface area (Å²) < 4.78 is 2.25. The van der Waals surface area contributed by atoms with Gasteiger partial charge in [-0.2, -0.15) is 0 Å². The molecule has 0 aromatic rings. The van der Waals surface area contributed by atoms with E-state index < -0.39 is 0 Å². The van der Waals surface area contributed by atoms with Crippen LogP contribution in [0.15, 0.2) is 0 Å². The minimum absolute atomic E-state index is 0.796. The Hall–Kier alpha value is 0.558. The van der Waals surface area contributed by atoms with Crippen molar-refractivity contribution in [1.29, 1.82) is 0 Å². The third-order valence-corrected chi connectivity index (χ3v) is 2.23. The number of rotatable bonds is 1. The van der Waals surface area contributed by atoms with Gasteiger partial charge in [0.05, 0.1) is 0 Å². The Morgan fingerprint density at radius 3 is 1.80 bits per heavy atom. The van der Waals surface area contributed by atoms with Gasteiger partial charge in [-0.3, -0.25) is 0 Å². The molecule has 0 N–H and O–H groups in total. The van der Waals surface area contributed by atoms with Crippen molar-refractivity contribution in [2.75, 3.05) is 0 Å². The Morgan fingerprint density at radius 1 is 1.60 bits per heavy atom. The predicted octanol–water partition coefficient (Wildman–Crippen LogP) is 0.991. The summed E-state index contributed by atoms with van der Waals surface area (Å²) in [6, 6.07) is 0. The molecule has 0 amide bonds. The van der Waals surface area contributed by atoms with Crippen LogP contribution in [0, 0.1) is 5.92 Å². The predicted molar refractivity (Wildman–Crippen MR) is 20.9 cm³/mol. The summed E-state index contributed by atoms with van der Waals surface area (Å²) in [4.78, 5) is 0. The Kier molecular flexibility index (Phi) is 3.09. The molecule has 0 nitrogen and oxygen atoms in total. The van der Waals surface area contributed by atoms with E-state index in [9.17, 15) is 0 Å². The molecule has 0 saturated heterocycles. The van der Waals surface area contributed by atoms with Crippen LogP contribution in [-0.4, -0.2) is 4.40 Å². The van der Waals surface area contributed by atoms with Crippen molar-refractivity contribution in [3.63, 3.8) is 0 Å². The van der Waals surface area contributed by atoms with Gasteiger partial charge < -0.3 is 0 Å². The second-order valence-electron chi connectivity index (χ2n) is 1.38. The molecule has 0 saturated carbocycles. The van der Waals surface area contributed by atoms with Gasteiger partial charge in [0.2, 0.25) is 0 Å². The van der Waals surface area contributed by atoms with Crippen LogP contribution < -0.4 is 0 Å². The SMILES string of the molecule is CC(C)[CH]=[W]. The average Bonchev–Trinajstić information content (AvgIpc) is 1.38. The second-order valence-corrected chi connectivity index (χ2v) is 2.36. The maximum absolute atomic E-state index is 2.25. The van der Waals surface area contributed by atoms with Gasteiger partial charge in [-0.25, -0.2) is 0 Å². The molecule has 0 aliphatic carbocycles. The molecule has 5 heavy (non-hydrogen) atoms. The van der Waals surface area contributed by atoms with Crippen molar-refractivity contribution >= 4 is 4.40 Å². The Bertz CT molecular complexity index is 30.6. The van der Waals surface area contributed by atoms with Gasteiger partial charge in [0.1, 0.15) is 0 Å². The van der Waals surface area contributed by atoms with Crippen LogP contribution in [0.1, 0.15) is 13.8 Å². The summed E-state index contributed by atoms with van der Waals surface area (Å²) in [5.74, 6) is 0.796. The molecule has 0 aromatic heterocycles. The van der Waals surface area contributed by atoms with Crippen LogP contribution in [0.4, 0.5) is 0 Å². The van der Waals surface area contributed by atoms with Gasteiger partial charge in [-0.15, -0.1) is 0 Å². The van der Waals surface area contributed by atoms with E-state index in [0.29, 0.717) is 0 Å². The molecule has 0 aromatic carbocycles. The quantitative estimate of drug-likeness (QED) is 0.641. The van der Waals surface area contributed by atoms with Gasteiger partial charge in [-0.1, -0.05) is 0 Å². The number of hydrogen-bond acceptors (Lipinski definition) is 0. The molecule has 0 bridgehead atoms. The molecule has 0 aliphatic heterocycles. The van der Waals surface area contributed by atoms with Crippen LogP contribution in [0.2, 0.25) is 0 Å². The number of hydrogen-bond donors (Lipinski definition) is 0. The Balaban J connectivity index is 2.83. The average molecular weight is 240 g/mol. The van der Waals surface area contributed by atoms with E-state index in [-0.39, 0.29) is 0 Å². The fraction of sp³-hybridized carbons (Fsp3) is 0.750. The summed E-state index contributed by atoms with van der Waals surface area (Å²) in [5, 5.41) is 0. The van der Waals surface area contributed by atoms with Crippen molar-refractivity contribution in [3.05, 3.63) is 0 Å². The summed E-state index contributed by atoms with van der Waals surface area (Å²) in [7, 11) is 0. The summed E-state index contributed by atoms with van der Waals surface area (Å²) in [6.45, 7) is 4.38. The molecule has 0 fully saturated rings.